The molecule has 0 amide bonds. The molecule has 0 aliphatic heterocycles. The van der Waals surface area contributed by atoms with Crippen molar-refractivity contribution in [3.05, 3.63) is 0 Å². The van der Waals surface area contributed by atoms with Crippen LogP contribution in [0, 0.1) is 0 Å². The van der Waals surface area contributed by atoms with E-state index in [2.05, 4.69) is 26.1 Å². The van der Waals surface area contributed by atoms with Gasteiger partial charge in [-0.2, -0.15) is 0 Å². The molecule has 2 nitrogen and oxygen atoms in total. The smallest absolute Gasteiger partial charge is 0.00975 e. The Balaban J connectivity index is 3.00. The van der Waals surface area contributed by atoms with Gasteiger partial charge in [0.25, 0.3) is 0 Å². The van der Waals surface area contributed by atoms with Crippen LogP contribution in [0.4, 0.5) is 0 Å². The first-order valence-electron chi connectivity index (χ1n) is 5.56. The van der Waals surface area contributed by atoms with E-state index in [9.17, 15) is 0 Å². The Bertz CT molecular complexity index is 105. The molecule has 0 aromatic carbocycles. The predicted octanol–water partition coefficient (Wildman–Crippen LogP) is 2.28. The summed E-state index contributed by atoms with van der Waals surface area (Å²) >= 11 is 0. The summed E-state index contributed by atoms with van der Waals surface area (Å²) in [6.07, 6.45) is 6.25. The van der Waals surface area contributed by atoms with Gasteiger partial charge in [-0.05, 0) is 46.2 Å². The molecule has 0 unspecified atom stereocenters. The number of rotatable bonds is 8. The van der Waals surface area contributed by atoms with E-state index in [1.165, 1.54) is 32.2 Å². The molecule has 0 rings (SSSR count). The number of hydrogen-bond donors (Lipinski definition) is 2. The summed E-state index contributed by atoms with van der Waals surface area (Å²) in [6, 6.07) is 0. The zero-order valence-corrected chi connectivity index (χ0v) is 9.53. The van der Waals surface area contributed by atoms with Gasteiger partial charge in [-0.1, -0.05) is 19.8 Å². The van der Waals surface area contributed by atoms with E-state index in [1.54, 1.807) is 0 Å². The van der Waals surface area contributed by atoms with Gasteiger partial charge in [0.15, 0.2) is 0 Å². The fourth-order valence-corrected chi connectivity index (χ4v) is 1.29. The fourth-order valence-electron chi connectivity index (χ4n) is 1.29. The molecule has 0 aromatic rings. The van der Waals surface area contributed by atoms with E-state index in [0.29, 0.717) is 0 Å². The molecule has 0 radical (unpaired) electrons. The molecule has 0 aliphatic carbocycles. The largest absolute Gasteiger partial charge is 0.326 e. The van der Waals surface area contributed by atoms with Crippen molar-refractivity contribution >= 4 is 0 Å². The molecule has 3 N–H and O–H groups in total. The third kappa shape index (κ3) is 11.9. The highest BCUT2D eigenvalue weighted by atomic mass is 14.8. The normalized spacial score (nSPS) is 12.0. The third-order valence-corrected chi connectivity index (χ3v) is 2.13. The Morgan fingerprint density at radius 3 is 2.23 bits per heavy atom. The molecule has 0 saturated heterocycles. The summed E-state index contributed by atoms with van der Waals surface area (Å²) in [6.45, 7) is 8.69. The molecule has 0 bridgehead atoms. The predicted molar refractivity (Wildman–Crippen MR) is 59.9 cm³/mol. The minimum Gasteiger partial charge on any atom is -0.326 e. The van der Waals surface area contributed by atoms with Gasteiger partial charge < -0.3 is 11.1 Å². The average molecular weight is 186 g/mol. The van der Waals surface area contributed by atoms with Crippen LogP contribution in [-0.4, -0.2) is 18.6 Å². The first kappa shape index (κ1) is 12.9. The Morgan fingerprint density at radius 2 is 1.69 bits per heavy atom. The van der Waals surface area contributed by atoms with Gasteiger partial charge in [0.1, 0.15) is 0 Å². The molecule has 0 aromatic heterocycles. The van der Waals surface area contributed by atoms with Gasteiger partial charge in [-0.15, -0.1) is 0 Å². The Labute approximate surface area is 83.3 Å². The monoisotopic (exact) mass is 186 g/mol. The fraction of sp³-hybridized carbons (Fsp3) is 1.00. The van der Waals surface area contributed by atoms with Crippen molar-refractivity contribution in [2.24, 2.45) is 5.73 Å². The molecule has 0 fully saturated rings. The van der Waals surface area contributed by atoms with Crippen molar-refractivity contribution in [3.63, 3.8) is 0 Å². The molecular formula is C11H26N2. The summed E-state index contributed by atoms with van der Waals surface area (Å²) in [5.74, 6) is 0. The Hall–Kier alpha value is -0.0800. The van der Waals surface area contributed by atoms with Gasteiger partial charge in [0.2, 0.25) is 0 Å². The molecule has 0 spiro atoms. The average Bonchev–Trinajstić information content (AvgIpc) is 2.01. The maximum Gasteiger partial charge on any atom is 0.00975 e. The van der Waals surface area contributed by atoms with Crippen LogP contribution in [0.3, 0.4) is 0 Å². The van der Waals surface area contributed by atoms with Crippen LogP contribution in [0.1, 0.15) is 52.9 Å². The van der Waals surface area contributed by atoms with Crippen LogP contribution in [-0.2, 0) is 0 Å². The highest BCUT2D eigenvalue weighted by Gasteiger charge is 2.08. The molecule has 0 aliphatic rings. The molecule has 13 heavy (non-hydrogen) atoms. The summed E-state index contributed by atoms with van der Waals surface area (Å²) in [5.41, 5.74) is 5.88. The van der Waals surface area contributed by atoms with Crippen molar-refractivity contribution < 1.29 is 0 Å². The van der Waals surface area contributed by atoms with Crippen molar-refractivity contribution in [2.45, 2.75) is 58.4 Å². The van der Waals surface area contributed by atoms with Gasteiger partial charge in [0, 0.05) is 5.54 Å². The van der Waals surface area contributed by atoms with E-state index in [1.807, 2.05) is 0 Å². The lowest BCUT2D eigenvalue weighted by atomic mass is 10.0. The summed E-state index contributed by atoms with van der Waals surface area (Å²) in [4.78, 5) is 0. The second-order valence-electron chi connectivity index (χ2n) is 4.55. The van der Waals surface area contributed by atoms with E-state index >= 15 is 0 Å². The molecule has 80 valence electrons. The lowest BCUT2D eigenvalue weighted by molar-refractivity contribution is 0.447. The minimum atomic E-state index is 0.00506. The van der Waals surface area contributed by atoms with E-state index in [0.717, 1.165) is 13.0 Å². The van der Waals surface area contributed by atoms with Crippen molar-refractivity contribution in [1.29, 1.82) is 0 Å². The highest BCUT2D eigenvalue weighted by molar-refractivity contribution is 4.71. The highest BCUT2D eigenvalue weighted by Crippen LogP contribution is 2.05. The Kier molecular flexibility index (Phi) is 7.29. The standard InChI is InChI=1S/C11H26N2/c1-4-5-6-9-13-10-7-8-11(2,3)12/h13H,4-10,12H2,1-3H3. The molecule has 0 saturated carbocycles. The second-order valence-corrected chi connectivity index (χ2v) is 4.55. The van der Waals surface area contributed by atoms with Crippen molar-refractivity contribution in [1.82, 2.24) is 5.32 Å². The second kappa shape index (κ2) is 7.34. The minimum absolute atomic E-state index is 0.00506. The van der Waals surface area contributed by atoms with Crippen LogP contribution in [0.25, 0.3) is 0 Å². The first-order valence-corrected chi connectivity index (χ1v) is 5.56. The third-order valence-electron chi connectivity index (χ3n) is 2.13. The summed E-state index contributed by atoms with van der Waals surface area (Å²) in [7, 11) is 0. The Morgan fingerprint density at radius 1 is 1.08 bits per heavy atom. The van der Waals surface area contributed by atoms with Crippen LogP contribution in [0.5, 0.6) is 0 Å². The van der Waals surface area contributed by atoms with Gasteiger partial charge in [-0.3, -0.25) is 0 Å². The molecule has 0 heterocycles. The number of nitrogens with one attached hydrogen (secondary N) is 1. The van der Waals surface area contributed by atoms with Crippen molar-refractivity contribution in [3.8, 4) is 0 Å². The summed E-state index contributed by atoms with van der Waals surface area (Å²) in [5, 5.41) is 3.44. The maximum absolute atomic E-state index is 5.87. The topological polar surface area (TPSA) is 38.0 Å². The molecular weight excluding hydrogens is 160 g/mol. The van der Waals surface area contributed by atoms with Gasteiger partial charge in [-0.25, -0.2) is 0 Å². The number of hydrogen-bond acceptors (Lipinski definition) is 2. The van der Waals surface area contributed by atoms with Gasteiger partial charge in [0.05, 0.1) is 0 Å². The maximum atomic E-state index is 5.87. The van der Waals surface area contributed by atoms with Crippen LogP contribution in [0.2, 0.25) is 0 Å². The van der Waals surface area contributed by atoms with Crippen LogP contribution < -0.4 is 11.1 Å². The van der Waals surface area contributed by atoms with E-state index in [-0.39, 0.29) is 5.54 Å². The van der Waals surface area contributed by atoms with Crippen LogP contribution >= 0.6 is 0 Å². The molecule has 0 atom stereocenters. The van der Waals surface area contributed by atoms with E-state index in [4.69, 9.17) is 5.73 Å². The van der Waals surface area contributed by atoms with Gasteiger partial charge >= 0.3 is 0 Å². The zero-order chi connectivity index (χ0) is 10.2. The summed E-state index contributed by atoms with van der Waals surface area (Å²) < 4.78 is 0. The SMILES string of the molecule is CCCCCNCCCC(C)(C)N. The lowest BCUT2D eigenvalue weighted by Crippen LogP contribution is -2.32. The number of unbranched alkanes of at least 4 members (excludes halogenated alkanes) is 2. The van der Waals surface area contributed by atoms with Crippen LogP contribution in [0.15, 0.2) is 0 Å². The number of nitrogens with two attached hydrogens (primary N) is 1. The quantitative estimate of drug-likeness (QED) is 0.571. The van der Waals surface area contributed by atoms with E-state index < -0.39 is 0 Å². The first-order chi connectivity index (χ1) is 6.06. The zero-order valence-electron chi connectivity index (χ0n) is 9.53. The lowest BCUT2D eigenvalue weighted by Gasteiger charge is -2.17. The van der Waals surface area contributed by atoms with Crippen molar-refractivity contribution in [2.75, 3.05) is 13.1 Å². The molecule has 2 heteroatoms.